The number of hydrogen-bond donors (Lipinski definition) is 0. The monoisotopic (exact) mass is 1430 g/mol. The molecule has 0 saturated carbocycles. The summed E-state index contributed by atoms with van der Waals surface area (Å²) in [4.78, 5) is 23.8. The van der Waals surface area contributed by atoms with Gasteiger partial charge in [0.05, 0.1) is 33.4 Å². The van der Waals surface area contributed by atoms with E-state index in [0.717, 1.165) is 107 Å². The van der Waals surface area contributed by atoms with Crippen LogP contribution in [0.3, 0.4) is 0 Å². The number of para-hydroxylation sites is 6. The fourth-order valence-corrected chi connectivity index (χ4v) is 15.8. The van der Waals surface area contributed by atoms with Crippen LogP contribution < -0.4 is 9.80 Å². The molecule has 10 nitrogen and oxygen atoms in total. The molecule has 0 atom stereocenters. The predicted octanol–water partition coefficient (Wildman–Crippen LogP) is 21.2. The van der Waals surface area contributed by atoms with Crippen molar-refractivity contribution in [2.45, 2.75) is 38.5 Å². The second-order valence-corrected chi connectivity index (χ2v) is 26.1. The van der Waals surface area contributed by atoms with E-state index in [0.29, 0.717) is 0 Å². The summed E-state index contributed by atoms with van der Waals surface area (Å²) in [5, 5.41) is 9.56. The van der Waals surface area contributed by atoms with E-state index >= 15 is 0 Å². The summed E-state index contributed by atoms with van der Waals surface area (Å²) in [5.74, 6) is 3.55. The van der Waals surface area contributed by atoms with Gasteiger partial charge in [-0.2, -0.15) is 12.1 Å². The van der Waals surface area contributed by atoms with Gasteiger partial charge in [0.25, 0.3) is 0 Å². The van der Waals surface area contributed by atoms with E-state index in [1.54, 1.807) is 0 Å². The van der Waals surface area contributed by atoms with Gasteiger partial charge in [0, 0.05) is 74.2 Å². The molecule has 97 heavy (non-hydrogen) atoms. The van der Waals surface area contributed by atoms with E-state index in [-0.39, 0.29) is 31.9 Å². The zero-order chi connectivity index (χ0) is 64.0. The second-order valence-electron chi connectivity index (χ2n) is 26.1. The molecule has 464 valence electrons. The molecule has 0 saturated heterocycles. The predicted molar refractivity (Wildman–Crippen MR) is 393 cm³/mol. The molecular formula is C86H60N10Pt. The normalized spacial score (nSPS) is 13.6. The van der Waals surface area contributed by atoms with Crippen LogP contribution in [0.4, 0.5) is 34.4 Å². The van der Waals surface area contributed by atoms with Gasteiger partial charge in [-0.3, -0.25) is 9.47 Å². The molecule has 0 spiro atoms. The van der Waals surface area contributed by atoms with Gasteiger partial charge in [-0.1, -0.05) is 190 Å². The Labute approximate surface area is 574 Å². The largest absolute Gasteiger partial charge is 2.00 e. The first kappa shape index (κ1) is 57.9. The average molecular weight is 1430 g/mol. The van der Waals surface area contributed by atoms with Crippen molar-refractivity contribution < 1.29 is 21.1 Å². The Bertz CT molecular complexity index is 5790. The molecular weight excluding hydrogens is 1370 g/mol. The molecule has 0 amide bonds. The summed E-state index contributed by atoms with van der Waals surface area (Å²) < 4.78 is 9.24. The smallest absolute Gasteiger partial charge is 0.358 e. The molecule has 20 rings (SSSR count). The van der Waals surface area contributed by atoms with Gasteiger partial charge in [0.1, 0.15) is 23.3 Å². The summed E-state index contributed by atoms with van der Waals surface area (Å²) in [6.07, 6.45) is 7.45. The van der Waals surface area contributed by atoms with E-state index in [1.807, 2.05) is 61.2 Å². The van der Waals surface area contributed by atoms with Crippen molar-refractivity contribution in [1.82, 2.24) is 38.2 Å². The van der Waals surface area contributed by atoms with Crippen molar-refractivity contribution in [2.75, 3.05) is 9.80 Å². The van der Waals surface area contributed by atoms with Gasteiger partial charge in [0.15, 0.2) is 0 Å². The third-order valence-corrected chi connectivity index (χ3v) is 20.2. The molecule has 2 aliphatic rings. The second kappa shape index (κ2) is 22.2. The Morgan fingerprint density at radius 3 is 1.31 bits per heavy atom. The van der Waals surface area contributed by atoms with Crippen LogP contribution in [0.25, 0.3) is 110 Å². The summed E-state index contributed by atoms with van der Waals surface area (Å²) >= 11 is 0. The molecule has 0 N–H and O–H groups in total. The Morgan fingerprint density at radius 1 is 0.278 bits per heavy atom. The van der Waals surface area contributed by atoms with E-state index in [9.17, 15) is 0 Å². The fraction of sp³-hybridized carbons (Fsp3) is 0.0698. The molecule has 0 fully saturated rings. The van der Waals surface area contributed by atoms with Crippen LogP contribution in [-0.4, -0.2) is 38.2 Å². The molecule has 0 radical (unpaired) electrons. The van der Waals surface area contributed by atoms with Crippen LogP contribution in [0.15, 0.2) is 292 Å². The van der Waals surface area contributed by atoms with Gasteiger partial charge >= 0.3 is 21.1 Å². The van der Waals surface area contributed by atoms with Crippen molar-refractivity contribution in [1.29, 1.82) is 0 Å². The van der Waals surface area contributed by atoms with Crippen molar-refractivity contribution in [3.63, 3.8) is 0 Å². The first-order valence-corrected chi connectivity index (χ1v) is 32.7. The first-order chi connectivity index (χ1) is 47.2. The number of pyridine rings is 4. The van der Waals surface area contributed by atoms with Gasteiger partial charge in [-0.25, -0.2) is 19.9 Å². The van der Waals surface area contributed by atoms with Gasteiger partial charge < -0.3 is 18.6 Å². The van der Waals surface area contributed by atoms with E-state index in [4.69, 9.17) is 19.9 Å². The maximum absolute atomic E-state index is 4.86. The molecule has 0 aliphatic carbocycles. The molecule has 8 aromatic heterocycles. The quantitative estimate of drug-likeness (QED) is 0.154. The van der Waals surface area contributed by atoms with Crippen molar-refractivity contribution in [2.24, 2.45) is 0 Å². The van der Waals surface area contributed by atoms with Crippen LogP contribution >= 0.6 is 0 Å². The number of benzene rings is 10. The van der Waals surface area contributed by atoms with E-state index in [1.165, 1.54) is 60.1 Å². The topological polar surface area (TPSA) is 77.8 Å². The minimum absolute atomic E-state index is 0. The van der Waals surface area contributed by atoms with Crippen LogP contribution in [0.5, 0.6) is 0 Å². The minimum Gasteiger partial charge on any atom is -0.358 e. The van der Waals surface area contributed by atoms with Gasteiger partial charge in [-0.15, -0.1) is 34.5 Å². The van der Waals surface area contributed by atoms with Crippen molar-refractivity contribution >= 4 is 122 Å². The van der Waals surface area contributed by atoms with Crippen LogP contribution in [0.1, 0.15) is 49.9 Å². The molecule has 18 aromatic rings. The Morgan fingerprint density at radius 2 is 0.701 bits per heavy atom. The number of hydrogen-bond acceptors (Lipinski definition) is 6. The number of fused-ring (bicyclic) bond motifs is 16. The third kappa shape index (κ3) is 8.69. The molecule has 0 unspecified atom stereocenters. The fourth-order valence-electron chi connectivity index (χ4n) is 15.8. The number of aromatic nitrogens is 8. The van der Waals surface area contributed by atoms with Crippen LogP contribution in [0, 0.1) is 12.1 Å². The Balaban J connectivity index is 0.000000140. The van der Waals surface area contributed by atoms with Gasteiger partial charge in [-0.05, 0) is 142 Å². The molecule has 2 aliphatic heterocycles. The van der Waals surface area contributed by atoms with Crippen LogP contribution in [-0.2, 0) is 31.9 Å². The first-order valence-electron chi connectivity index (χ1n) is 32.7. The minimum atomic E-state index is -0.250. The third-order valence-electron chi connectivity index (χ3n) is 20.2. The zero-order valence-electron chi connectivity index (χ0n) is 53.5. The van der Waals surface area contributed by atoms with Crippen molar-refractivity contribution in [3.8, 4) is 23.0 Å². The SMILES string of the molecule is CC1(C)c2cc3c4ccccc4n(-c4[c-]c5c(cc4)c4ccccc4n5-c4ccccn4)c3[c-]c2N(c2ccccn2)c2ccccc21.CC1(C)c2ccccc2N(c2ccccn2)c2cc3c(cc21)c1ccccc1n3-c1ccc2c3ccccc3n(-c3ccccn3)c2c1.[Pt+2]. The van der Waals surface area contributed by atoms with Gasteiger partial charge in [0.2, 0.25) is 0 Å². The van der Waals surface area contributed by atoms with Crippen LogP contribution in [0.2, 0.25) is 0 Å². The number of rotatable bonds is 6. The summed E-state index contributed by atoms with van der Waals surface area (Å²) in [5.41, 5.74) is 19.9. The Kier molecular flexibility index (Phi) is 13.3. The number of nitrogens with zero attached hydrogens (tertiary/aromatic N) is 10. The van der Waals surface area contributed by atoms with Crippen molar-refractivity contribution in [3.05, 3.63) is 326 Å². The standard InChI is InChI=1S/C43H31N5.C43H29N5.Pt/c2*1-43(2)33-15-5-8-18-37(33)48(42-20-10-12-24-45-42)40-27-39-32(26-34(40)43)30-14-4-6-16-35(30)46(39)28-21-22-31-29-13-3-7-17-36(29)47(38(31)25-28)41-19-9-11-23-44-41;/h3-27H,1-2H3;3-24,26H,1-2H3;/q;-2;+2. The average Bonchev–Trinajstić information content (AvgIpc) is 1.67. The Hall–Kier alpha value is -11.7. The summed E-state index contributed by atoms with van der Waals surface area (Å²) in [6, 6.07) is 103. The summed E-state index contributed by atoms with van der Waals surface area (Å²) in [6.45, 7) is 9.32. The van der Waals surface area contributed by atoms with E-state index < -0.39 is 0 Å². The molecule has 10 heterocycles. The van der Waals surface area contributed by atoms with E-state index in [2.05, 4.69) is 298 Å². The number of anilines is 6. The zero-order valence-corrected chi connectivity index (χ0v) is 55.8. The summed E-state index contributed by atoms with van der Waals surface area (Å²) in [7, 11) is 0. The molecule has 11 heteroatoms. The molecule has 0 bridgehead atoms. The maximum Gasteiger partial charge on any atom is 2.00 e. The molecule has 10 aromatic carbocycles. The maximum atomic E-state index is 4.86.